The van der Waals surface area contributed by atoms with Crippen molar-refractivity contribution >= 4 is 0 Å². The summed E-state index contributed by atoms with van der Waals surface area (Å²) in [7, 11) is 0. The second-order valence-corrected chi connectivity index (χ2v) is 13.9. The Morgan fingerprint density at radius 2 is 0.615 bits per heavy atom. The van der Waals surface area contributed by atoms with Gasteiger partial charge in [-0.3, -0.25) is 0 Å². The SMILES string of the molecule is N#[C][Ir]([C]#N)([C]#N)([C]#N)([C]#N)[C]#N. The minimum atomic E-state index is -6.69. The van der Waals surface area contributed by atoms with Crippen LogP contribution in [0.3, 0.4) is 0 Å². The van der Waals surface area contributed by atoms with Crippen molar-refractivity contribution in [2.24, 2.45) is 0 Å². The molecule has 0 aliphatic rings. The zero-order valence-electron chi connectivity index (χ0n) is 6.02. The minimum absolute atomic E-state index is 1.07. The summed E-state index contributed by atoms with van der Waals surface area (Å²) in [6.07, 6.45) is 0. The van der Waals surface area contributed by atoms with E-state index in [-0.39, 0.29) is 0 Å². The summed E-state index contributed by atoms with van der Waals surface area (Å²) in [6, 6.07) is 0. The molecule has 0 saturated heterocycles. The Bertz CT molecular complexity index is 387. The average Bonchev–Trinajstić information content (AvgIpc) is 2.26. The van der Waals surface area contributed by atoms with Crippen LogP contribution < -0.4 is 0 Å². The van der Waals surface area contributed by atoms with Crippen LogP contribution in [-0.2, 0) is 12.9 Å². The summed E-state index contributed by atoms with van der Waals surface area (Å²) in [5.74, 6) is 0. The summed E-state index contributed by atoms with van der Waals surface area (Å²) >= 11 is -6.69. The van der Waals surface area contributed by atoms with Crippen LogP contribution in [0.4, 0.5) is 0 Å². The topological polar surface area (TPSA) is 143 Å². The number of nitriles is 6. The van der Waals surface area contributed by atoms with E-state index in [0.717, 1.165) is 27.5 Å². The van der Waals surface area contributed by atoms with Crippen molar-refractivity contribution in [1.29, 1.82) is 31.6 Å². The van der Waals surface area contributed by atoms with Crippen molar-refractivity contribution in [1.82, 2.24) is 0 Å². The van der Waals surface area contributed by atoms with Crippen molar-refractivity contribution in [3.63, 3.8) is 0 Å². The van der Waals surface area contributed by atoms with E-state index >= 15 is 0 Å². The van der Waals surface area contributed by atoms with Crippen LogP contribution in [-0.4, -0.2) is 0 Å². The van der Waals surface area contributed by atoms with Gasteiger partial charge < -0.3 is 0 Å². The molecule has 0 bridgehead atoms. The third-order valence-corrected chi connectivity index (χ3v) is 9.15. The Labute approximate surface area is 72.3 Å². The summed E-state index contributed by atoms with van der Waals surface area (Å²) in [4.78, 5) is 0. The summed E-state index contributed by atoms with van der Waals surface area (Å²) < 4.78 is 6.44. The van der Waals surface area contributed by atoms with Gasteiger partial charge in [0.05, 0.1) is 0 Å². The van der Waals surface area contributed by atoms with Crippen molar-refractivity contribution < 1.29 is 12.9 Å². The van der Waals surface area contributed by atoms with Crippen LogP contribution in [0.15, 0.2) is 0 Å². The van der Waals surface area contributed by atoms with Gasteiger partial charge in [-0.05, 0) is 0 Å². The van der Waals surface area contributed by atoms with Crippen LogP contribution in [0, 0.1) is 59.1 Å². The normalized spacial score (nSPS) is 13.4. The van der Waals surface area contributed by atoms with Gasteiger partial charge in [0.15, 0.2) is 0 Å². The molecule has 0 N–H and O–H groups in total. The molecule has 7 heteroatoms. The van der Waals surface area contributed by atoms with Crippen LogP contribution in [0.2, 0.25) is 0 Å². The molecule has 0 unspecified atom stereocenters. The van der Waals surface area contributed by atoms with E-state index < -0.39 is 12.9 Å². The van der Waals surface area contributed by atoms with Gasteiger partial charge in [0, 0.05) is 0 Å². The Hall–Kier alpha value is -2.41. The Morgan fingerprint density at radius 3 is 0.615 bits per heavy atom. The number of hydrogen-bond donors (Lipinski definition) is 0. The van der Waals surface area contributed by atoms with E-state index in [1.807, 2.05) is 0 Å². The van der Waals surface area contributed by atoms with Crippen LogP contribution >= 0.6 is 0 Å². The molecule has 6 nitrogen and oxygen atoms in total. The van der Waals surface area contributed by atoms with Gasteiger partial charge in [0.25, 0.3) is 0 Å². The van der Waals surface area contributed by atoms with Gasteiger partial charge >= 0.3 is 71.9 Å². The van der Waals surface area contributed by atoms with E-state index in [1.165, 1.54) is 0 Å². The van der Waals surface area contributed by atoms with Crippen molar-refractivity contribution in [3.8, 4) is 27.5 Å². The van der Waals surface area contributed by atoms with Crippen molar-refractivity contribution in [3.05, 3.63) is 0 Å². The van der Waals surface area contributed by atoms with Gasteiger partial charge in [-0.1, -0.05) is 0 Å². The van der Waals surface area contributed by atoms with Gasteiger partial charge in [0.2, 0.25) is 0 Å². The molecule has 0 rings (SSSR count). The molecule has 0 heterocycles. The van der Waals surface area contributed by atoms with Gasteiger partial charge in [-0.15, -0.1) is 0 Å². The van der Waals surface area contributed by atoms with E-state index in [4.69, 9.17) is 31.6 Å². The van der Waals surface area contributed by atoms with E-state index in [1.54, 1.807) is 0 Å². The molecule has 0 aliphatic heterocycles. The van der Waals surface area contributed by atoms with Gasteiger partial charge in [-0.2, -0.15) is 0 Å². The molecular formula is C6IrN6. The molecule has 13 heavy (non-hydrogen) atoms. The molecule has 0 atom stereocenters. The third kappa shape index (κ3) is 0.726. The van der Waals surface area contributed by atoms with Crippen LogP contribution in [0.25, 0.3) is 0 Å². The fourth-order valence-corrected chi connectivity index (χ4v) is 2.05. The Balaban J connectivity index is 6.92. The quantitative estimate of drug-likeness (QED) is 0.607. The van der Waals surface area contributed by atoms with Crippen molar-refractivity contribution in [2.45, 2.75) is 0 Å². The van der Waals surface area contributed by atoms with E-state index in [0.29, 0.717) is 0 Å². The zero-order valence-corrected chi connectivity index (χ0v) is 8.41. The molecule has 0 aromatic heterocycles. The first-order valence-electron chi connectivity index (χ1n) is 2.34. The first-order chi connectivity index (χ1) is 5.97. The molecule has 0 aromatic carbocycles. The third-order valence-electron chi connectivity index (χ3n) is 1.12. The van der Waals surface area contributed by atoms with Gasteiger partial charge in [-0.25, -0.2) is 0 Å². The fraction of sp³-hybridized carbons (Fsp3) is 0. The van der Waals surface area contributed by atoms with E-state index in [2.05, 4.69) is 0 Å². The predicted molar refractivity (Wildman–Crippen MR) is 33.7 cm³/mol. The second-order valence-electron chi connectivity index (χ2n) is 1.70. The Kier molecular flexibility index (Phi) is 1.67. The number of hydrogen-bond acceptors (Lipinski definition) is 6. The molecule has 0 fully saturated rings. The molecule has 63 valence electrons. The number of rotatable bonds is 0. The second kappa shape index (κ2) is 2.05. The Morgan fingerprint density at radius 1 is 0.462 bits per heavy atom. The zero-order chi connectivity index (χ0) is 10.7. The predicted octanol–water partition coefficient (Wildman–Crippen LogP) is 0.0982. The standard InChI is InChI=1S/6CN.Ir/c6*1-2;. The molecule has 0 radical (unpaired) electrons. The summed E-state index contributed by atoms with van der Waals surface area (Å²) in [5, 5.41) is 51.6. The van der Waals surface area contributed by atoms with Crippen molar-refractivity contribution in [2.75, 3.05) is 0 Å². The maximum absolute atomic E-state index is 8.60. The molecular weight excluding hydrogens is 348 g/mol. The molecule has 0 aromatic rings. The average molecular weight is 348 g/mol. The van der Waals surface area contributed by atoms with Crippen LogP contribution in [0.5, 0.6) is 0 Å². The molecule has 0 saturated carbocycles. The molecule has 0 aliphatic carbocycles. The fourth-order valence-electron chi connectivity index (χ4n) is 0.250. The molecule has 0 spiro atoms. The first kappa shape index (κ1) is 10.6. The van der Waals surface area contributed by atoms with E-state index in [9.17, 15) is 0 Å². The summed E-state index contributed by atoms with van der Waals surface area (Å²) in [5.41, 5.74) is 0. The molecule has 0 amide bonds. The van der Waals surface area contributed by atoms with Crippen LogP contribution in [0.1, 0.15) is 0 Å². The monoisotopic (exact) mass is 349 g/mol. The number of nitrogens with zero attached hydrogens (tertiary/aromatic N) is 6. The summed E-state index contributed by atoms with van der Waals surface area (Å²) in [6.45, 7) is 0. The first-order valence-corrected chi connectivity index (χ1v) is 9.53. The maximum atomic E-state index is 8.60. The van der Waals surface area contributed by atoms with Gasteiger partial charge in [0.1, 0.15) is 0 Å².